The van der Waals surface area contributed by atoms with Crippen LogP contribution < -0.4 is 10.9 Å². The van der Waals surface area contributed by atoms with E-state index in [1.807, 2.05) is 0 Å². The fourth-order valence-corrected chi connectivity index (χ4v) is 1.67. The molecule has 24 heavy (non-hydrogen) atoms. The van der Waals surface area contributed by atoms with Crippen LogP contribution in [0, 0.1) is 0 Å². The molecule has 1 amide bonds. The van der Waals surface area contributed by atoms with Gasteiger partial charge in [-0.2, -0.15) is 26.3 Å². The minimum absolute atomic E-state index is 0.0453. The number of alkyl halides is 6. The van der Waals surface area contributed by atoms with Crippen molar-refractivity contribution >= 4 is 29.5 Å². The highest BCUT2D eigenvalue weighted by atomic mass is 32.1. The van der Waals surface area contributed by atoms with Crippen LogP contribution in [0.2, 0.25) is 0 Å². The van der Waals surface area contributed by atoms with Crippen LogP contribution in [0.5, 0.6) is 0 Å². The number of halogens is 6. The zero-order valence-corrected chi connectivity index (χ0v) is 12.9. The maximum atomic E-state index is 12.7. The summed E-state index contributed by atoms with van der Waals surface area (Å²) in [5.74, 6) is -0.458. The lowest BCUT2D eigenvalue weighted by molar-refractivity contribution is -0.143. The van der Waals surface area contributed by atoms with Gasteiger partial charge in [0.25, 0.3) is 0 Å². The van der Waals surface area contributed by atoms with Crippen LogP contribution in [0.15, 0.2) is 23.2 Å². The third-order valence-corrected chi connectivity index (χ3v) is 2.74. The van der Waals surface area contributed by atoms with Crippen molar-refractivity contribution < 1.29 is 31.1 Å². The molecule has 11 heteroatoms. The highest BCUT2D eigenvalue weighted by molar-refractivity contribution is 7.80. The van der Waals surface area contributed by atoms with Crippen molar-refractivity contribution in [1.29, 1.82) is 0 Å². The number of hydrogen-bond acceptors (Lipinski definition) is 2. The Morgan fingerprint density at radius 3 is 2.00 bits per heavy atom. The van der Waals surface area contributed by atoms with Gasteiger partial charge < -0.3 is 0 Å². The number of amides is 1. The van der Waals surface area contributed by atoms with Crippen LogP contribution in [0.4, 0.5) is 26.3 Å². The van der Waals surface area contributed by atoms with Gasteiger partial charge in [-0.15, -0.1) is 0 Å². The Kier molecular flexibility index (Phi) is 6.29. The highest BCUT2D eigenvalue weighted by Crippen LogP contribution is 2.36. The zero-order chi connectivity index (χ0) is 18.5. The first-order valence-corrected chi connectivity index (χ1v) is 6.68. The van der Waals surface area contributed by atoms with E-state index in [0.29, 0.717) is 12.1 Å². The summed E-state index contributed by atoms with van der Waals surface area (Å²) in [5.41, 5.74) is 1.28. The Bertz CT molecular complexity index is 622. The first kappa shape index (κ1) is 19.9. The van der Waals surface area contributed by atoms with Crippen LogP contribution >= 0.6 is 12.2 Å². The molecule has 0 unspecified atom stereocenters. The number of aliphatic imine (C=N–C) groups is 1. The first-order valence-electron chi connectivity index (χ1n) is 6.27. The lowest BCUT2D eigenvalue weighted by Crippen LogP contribution is -2.38. The molecular weight excluding hydrogens is 360 g/mol. The Morgan fingerprint density at radius 1 is 1.08 bits per heavy atom. The molecule has 0 atom stereocenters. The van der Waals surface area contributed by atoms with Crippen molar-refractivity contribution in [3.8, 4) is 0 Å². The van der Waals surface area contributed by atoms with Crippen LogP contribution in [0.3, 0.4) is 0 Å². The Balaban J connectivity index is 2.95. The highest BCUT2D eigenvalue weighted by Gasteiger charge is 2.36. The molecule has 4 nitrogen and oxygen atoms in total. The summed E-state index contributed by atoms with van der Waals surface area (Å²) >= 11 is 4.67. The van der Waals surface area contributed by atoms with E-state index in [2.05, 4.69) is 28.1 Å². The van der Waals surface area contributed by atoms with Crippen LogP contribution in [0.1, 0.15) is 23.6 Å². The van der Waals surface area contributed by atoms with E-state index < -0.39 is 29.4 Å². The summed E-state index contributed by atoms with van der Waals surface area (Å²) in [6, 6.07) is 1.25. The number of hydrazine groups is 1. The monoisotopic (exact) mass is 371 g/mol. The zero-order valence-electron chi connectivity index (χ0n) is 12.0. The number of carbonyl (C=O) groups is 1. The van der Waals surface area contributed by atoms with Gasteiger partial charge in [-0.3, -0.25) is 15.6 Å². The van der Waals surface area contributed by atoms with Crippen molar-refractivity contribution in [2.75, 3.05) is 0 Å². The Labute approximate surface area is 137 Å². The van der Waals surface area contributed by atoms with E-state index in [4.69, 9.17) is 0 Å². The molecule has 132 valence electrons. The predicted molar refractivity (Wildman–Crippen MR) is 78.2 cm³/mol. The van der Waals surface area contributed by atoms with E-state index in [0.717, 1.165) is 6.21 Å². The van der Waals surface area contributed by atoms with E-state index in [1.54, 1.807) is 0 Å². The molecule has 0 fully saturated rings. The lowest BCUT2D eigenvalue weighted by Gasteiger charge is -2.13. The van der Waals surface area contributed by atoms with Crippen molar-refractivity contribution in [3.05, 3.63) is 34.9 Å². The molecule has 0 aliphatic rings. The van der Waals surface area contributed by atoms with E-state index in [-0.39, 0.29) is 23.2 Å². The Morgan fingerprint density at radius 2 is 1.58 bits per heavy atom. The molecule has 0 heterocycles. The molecule has 1 aromatic rings. The SMILES string of the molecule is CC(=O)NNC(=S)/N=C\Cc1cc(C(F)(F)F)cc(C(F)(F)F)c1. The Hall–Kier alpha value is -2.17. The molecule has 2 N–H and O–H groups in total. The average molecular weight is 371 g/mol. The first-order chi connectivity index (χ1) is 10.9. The van der Waals surface area contributed by atoms with Crippen LogP contribution in [-0.2, 0) is 23.6 Å². The van der Waals surface area contributed by atoms with E-state index in [9.17, 15) is 31.1 Å². The molecular formula is C13H11F6N3OS. The summed E-state index contributed by atoms with van der Waals surface area (Å²) in [6.45, 7) is 1.20. The van der Waals surface area contributed by atoms with Gasteiger partial charge in [0.05, 0.1) is 11.1 Å². The van der Waals surface area contributed by atoms with Crippen LogP contribution in [-0.4, -0.2) is 17.2 Å². The van der Waals surface area contributed by atoms with Crippen molar-refractivity contribution in [1.82, 2.24) is 10.9 Å². The maximum absolute atomic E-state index is 12.7. The molecule has 0 aromatic heterocycles. The fraction of sp³-hybridized carbons (Fsp3) is 0.308. The predicted octanol–water partition coefficient (Wildman–Crippen LogP) is 3.26. The molecule has 0 radical (unpaired) electrons. The van der Waals surface area contributed by atoms with E-state index in [1.165, 1.54) is 6.92 Å². The third kappa shape index (κ3) is 6.52. The second kappa shape index (κ2) is 7.60. The van der Waals surface area contributed by atoms with Gasteiger partial charge in [-0.05, 0) is 36.0 Å². The molecule has 1 rings (SSSR count). The molecule has 0 aliphatic carbocycles. The smallest absolute Gasteiger partial charge is 0.274 e. The largest absolute Gasteiger partial charge is 0.416 e. The lowest BCUT2D eigenvalue weighted by atomic mass is 10.0. The van der Waals surface area contributed by atoms with Gasteiger partial charge in [0.15, 0.2) is 0 Å². The topological polar surface area (TPSA) is 53.5 Å². The number of carbonyl (C=O) groups excluding carboxylic acids is 1. The van der Waals surface area contributed by atoms with Gasteiger partial charge in [0.2, 0.25) is 11.0 Å². The molecule has 0 spiro atoms. The van der Waals surface area contributed by atoms with Gasteiger partial charge in [-0.1, -0.05) is 0 Å². The normalized spacial score (nSPS) is 12.3. The van der Waals surface area contributed by atoms with Crippen molar-refractivity contribution in [2.45, 2.75) is 25.7 Å². The second-order valence-electron chi connectivity index (χ2n) is 4.54. The number of nitrogens with one attached hydrogen (secondary N) is 2. The fourth-order valence-electron chi connectivity index (χ4n) is 1.54. The summed E-state index contributed by atoms with van der Waals surface area (Å²) in [6.07, 6.45) is -9.09. The second-order valence-corrected chi connectivity index (χ2v) is 4.93. The quantitative estimate of drug-likeness (QED) is 0.363. The summed E-state index contributed by atoms with van der Waals surface area (Å²) < 4.78 is 76.1. The maximum Gasteiger partial charge on any atom is 0.416 e. The van der Waals surface area contributed by atoms with Gasteiger partial charge in [0, 0.05) is 19.6 Å². The van der Waals surface area contributed by atoms with Gasteiger partial charge in [-0.25, -0.2) is 4.99 Å². The van der Waals surface area contributed by atoms with Gasteiger partial charge >= 0.3 is 12.4 Å². The van der Waals surface area contributed by atoms with E-state index >= 15 is 0 Å². The van der Waals surface area contributed by atoms with Crippen LogP contribution in [0.25, 0.3) is 0 Å². The summed E-state index contributed by atoms with van der Waals surface area (Å²) in [5, 5.41) is -0.201. The number of thiocarbonyl (C=S) groups is 1. The third-order valence-electron chi connectivity index (χ3n) is 2.53. The average Bonchev–Trinajstić information content (AvgIpc) is 2.43. The summed E-state index contributed by atoms with van der Waals surface area (Å²) in [4.78, 5) is 14.2. The number of nitrogens with zero attached hydrogens (tertiary/aromatic N) is 1. The van der Waals surface area contributed by atoms with Gasteiger partial charge in [0.1, 0.15) is 0 Å². The van der Waals surface area contributed by atoms with Crippen molar-refractivity contribution in [3.63, 3.8) is 0 Å². The number of hydrogen-bond donors (Lipinski definition) is 2. The van der Waals surface area contributed by atoms with Crippen molar-refractivity contribution in [2.24, 2.45) is 4.99 Å². The molecule has 1 aromatic carbocycles. The molecule has 0 saturated heterocycles. The molecule has 0 bridgehead atoms. The minimum atomic E-state index is -4.91. The number of benzene rings is 1. The summed E-state index contributed by atoms with van der Waals surface area (Å²) in [7, 11) is 0. The standard InChI is InChI=1S/C13H11F6N3OS/c1-7(23)21-22-11(24)20-3-2-8-4-9(12(14,15)16)6-10(5-8)13(17,18)19/h3-6H,2H2,1H3,(H,21,23)(H,22,24)/b20-3-. The number of rotatable bonds is 2. The minimum Gasteiger partial charge on any atom is -0.274 e. The molecule has 0 saturated carbocycles. The molecule has 0 aliphatic heterocycles.